The predicted octanol–water partition coefficient (Wildman–Crippen LogP) is -3.20. The van der Waals surface area contributed by atoms with Crippen LogP contribution in [0, 0.1) is 0 Å². The quantitative estimate of drug-likeness (QED) is 0.268. The van der Waals surface area contributed by atoms with Crippen LogP contribution in [0.3, 0.4) is 0 Å². The second kappa shape index (κ2) is 5.64. The number of nitrogens with zero attached hydrogens (tertiary/aromatic N) is 3. The van der Waals surface area contributed by atoms with Crippen LogP contribution >= 0.6 is 0 Å². The van der Waals surface area contributed by atoms with Crippen LogP contribution < -0.4 is 17.2 Å². The van der Waals surface area contributed by atoms with Gasteiger partial charge in [0.15, 0.2) is 11.6 Å². The molecule has 1 heterocycles. The molecule has 1 aliphatic heterocycles. The SMILES string of the molecule is NC1=C(N)N(O)N(O)C(N(CCO)CCO)=C1N. The summed E-state index contributed by atoms with van der Waals surface area (Å²) in [6.07, 6.45) is 0. The topological polar surface area (TPSA) is 169 Å². The first-order valence-corrected chi connectivity index (χ1v) is 5.15. The molecule has 10 nitrogen and oxygen atoms in total. The van der Waals surface area contributed by atoms with Crippen molar-refractivity contribution in [3.8, 4) is 0 Å². The molecule has 0 radical (unpaired) electrons. The first-order valence-electron chi connectivity index (χ1n) is 5.15. The number of aliphatic hydroxyl groups excluding tert-OH is 2. The zero-order chi connectivity index (χ0) is 13.9. The molecule has 0 bridgehead atoms. The largest absolute Gasteiger partial charge is 0.395 e. The van der Waals surface area contributed by atoms with E-state index in [4.69, 9.17) is 27.4 Å². The van der Waals surface area contributed by atoms with Crippen LogP contribution in [0.5, 0.6) is 0 Å². The molecule has 0 saturated carbocycles. The summed E-state index contributed by atoms with van der Waals surface area (Å²) in [5.74, 6) is -0.404. The summed E-state index contributed by atoms with van der Waals surface area (Å²) >= 11 is 0. The third-order valence-corrected chi connectivity index (χ3v) is 2.43. The van der Waals surface area contributed by atoms with Gasteiger partial charge in [-0.05, 0) is 0 Å². The second-order valence-corrected chi connectivity index (χ2v) is 3.55. The Balaban J connectivity index is 3.16. The molecule has 10 heteroatoms. The van der Waals surface area contributed by atoms with Crippen LogP contribution in [-0.4, -0.2) is 62.2 Å². The summed E-state index contributed by atoms with van der Waals surface area (Å²) in [6.45, 7) is -0.326. The van der Waals surface area contributed by atoms with E-state index < -0.39 is 0 Å². The van der Waals surface area contributed by atoms with Gasteiger partial charge in [0.05, 0.1) is 13.2 Å². The molecular weight excluding hydrogens is 244 g/mol. The molecule has 18 heavy (non-hydrogen) atoms. The van der Waals surface area contributed by atoms with E-state index in [1.807, 2.05) is 0 Å². The third kappa shape index (κ3) is 2.36. The van der Waals surface area contributed by atoms with Crippen molar-refractivity contribution in [3.63, 3.8) is 0 Å². The van der Waals surface area contributed by atoms with Gasteiger partial charge in [-0.3, -0.25) is 10.4 Å². The smallest absolute Gasteiger partial charge is 0.181 e. The zero-order valence-electron chi connectivity index (χ0n) is 9.69. The fraction of sp³-hybridized carbons (Fsp3) is 0.500. The molecule has 1 aliphatic rings. The molecule has 0 saturated heterocycles. The number of nitrogens with two attached hydrogens (primary N) is 3. The molecule has 0 unspecified atom stereocenters. The average molecular weight is 262 g/mol. The molecule has 0 atom stereocenters. The molecular formula is C8H18N6O4. The molecule has 0 aromatic carbocycles. The molecule has 0 aromatic rings. The maximum atomic E-state index is 9.72. The molecule has 1 rings (SSSR count). The van der Waals surface area contributed by atoms with Crippen molar-refractivity contribution >= 4 is 0 Å². The highest BCUT2D eigenvalue weighted by molar-refractivity contribution is 5.34. The standard InChI is InChI=1S/C8H18N6O4/c9-5-6(10)8(12(1-3-15)2-4-16)14(18)13(17)7(5)11/h15-18H,1-4,9-11H2. The van der Waals surface area contributed by atoms with Gasteiger partial charge in [0.1, 0.15) is 11.4 Å². The summed E-state index contributed by atoms with van der Waals surface area (Å²) in [5.41, 5.74) is 16.5. The minimum atomic E-state index is -0.327. The molecule has 0 aliphatic carbocycles. The van der Waals surface area contributed by atoms with Crippen LogP contribution in [0.1, 0.15) is 0 Å². The van der Waals surface area contributed by atoms with Crippen LogP contribution in [0.4, 0.5) is 0 Å². The summed E-state index contributed by atoms with van der Waals surface area (Å²) in [6, 6.07) is 0. The number of hydroxylamine groups is 2. The number of hydrogen-bond acceptors (Lipinski definition) is 10. The van der Waals surface area contributed by atoms with Crippen molar-refractivity contribution in [1.82, 2.24) is 15.2 Å². The fourth-order valence-corrected chi connectivity index (χ4v) is 1.53. The van der Waals surface area contributed by atoms with E-state index in [-0.39, 0.29) is 59.7 Å². The van der Waals surface area contributed by atoms with Crippen LogP contribution in [0.25, 0.3) is 0 Å². The van der Waals surface area contributed by atoms with Gasteiger partial charge in [0.25, 0.3) is 0 Å². The highest BCUT2D eigenvalue weighted by Gasteiger charge is 2.31. The Labute approximate surface area is 103 Å². The highest BCUT2D eigenvalue weighted by Crippen LogP contribution is 2.23. The number of hydrazine groups is 1. The van der Waals surface area contributed by atoms with Gasteiger partial charge in [0, 0.05) is 13.1 Å². The maximum absolute atomic E-state index is 9.72. The van der Waals surface area contributed by atoms with Gasteiger partial charge in [-0.15, -0.1) is 10.3 Å². The predicted molar refractivity (Wildman–Crippen MR) is 59.6 cm³/mol. The Morgan fingerprint density at radius 2 is 1.39 bits per heavy atom. The number of hydrogen-bond donors (Lipinski definition) is 7. The van der Waals surface area contributed by atoms with E-state index >= 15 is 0 Å². The van der Waals surface area contributed by atoms with Crippen molar-refractivity contribution in [2.45, 2.75) is 0 Å². The minimum Gasteiger partial charge on any atom is -0.395 e. The Morgan fingerprint density at radius 3 is 1.83 bits per heavy atom. The normalized spacial score (nSPS) is 16.7. The van der Waals surface area contributed by atoms with Crippen molar-refractivity contribution < 1.29 is 20.6 Å². The minimum absolute atomic E-state index is 0.0674. The van der Waals surface area contributed by atoms with Gasteiger partial charge in [-0.2, -0.15) is 0 Å². The van der Waals surface area contributed by atoms with Crippen molar-refractivity contribution in [2.24, 2.45) is 17.2 Å². The maximum Gasteiger partial charge on any atom is 0.181 e. The monoisotopic (exact) mass is 262 g/mol. The lowest BCUT2D eigenvalue weighted by Crippen LogP contribution is -2.51. The number of aliphatic hydroxyl groups is 2. The summed E-state index contributed by atoms with van der Waals surface area (Å²) in [5, 5.41) is 37.5. The Bertz CT molecular complexity index is 365. The van der Waals surface area contributed by atoms with Gasteiger partial charge in [-0.1, -0.05) is 0 Å². The second-order valence-electron chi connectivity index (χ2n) is 3.55. The lowest BCUT2D eigenvalue weighted by Gasteiger charge is -2.38. The first-order chi connectivity index (χ1) is 8.45. The van der Waals surface area contributed by atoms with E-state index in [9.17, 15) is 10.4 Å². The van der Waals surface area contributed by atoms with E-state index in [1.54, 1.807) is 0 Å². The Hall–Kier alpha value is -1.88. The van der Waals surface area contributed by atoms with E-state index in [0.29, 0.717) is 0 Å². The molecule has 0 fully saturated rings. The van der Waals surface area contributed by atoms with Crippen LogP contribution in [-0.2, 0) is 0 Å². The number of rotatable bonds is 5. The summed E-state index contributed by atoms with van der Waals surface area (Å²) in [4.78, 5) is 1.35. The zero-order valence-corrected chi connectivity index (χ0v) is 9.69. The van der Waals surface area contributed by atoms with Crippen molar-refractivity contribution in [3.05, 3.63) is 23.0 Å². The lowest BCUT2D eigenvalue weighted by atomic mass is 10.2. The van der Waals surface area contributed by atoms with E-state index in [0.717, 1.165) is 0 Å². The highest BCUT2D eigenvalue weighted by atomic mass is 16.7. The summed E-state index contributed by atoms with van der Waals surface area (Å²) in [7, 11) is 0. The van der Waals surface area contributed by atoms with Crippen LogP contribution in [0.15, 0.2) is 23.0 Å². The molecule has 104 valence electrons. The van der Waals surface area contributed by atoms with Gasteiger partial charge < -0.3 is 32.3 Å². The van der Waals surface area contributed by atoms with Crippen LogP contribution in [0.2, 0.25) is 0 Å². The molecule has 10 N–H and O–H groups in total. The third-order valence-electron chi connectivity index (χ3n) is 2.43. The average Bonchev–Trinajstić information content (AvgIpc) is 2.35. The van der Waals surface area contributed by atoms with Gasteiger partial charge in [0.2, 0.25) is 0 Å². The lowest BCUT2D eigenvalue weighted by molar-refractivity contribution is -0.341. The Kier molecular flexibility index (Phi) is 4.44. The van der Waals surface area contributed by atoms with E-state index in [2.05, 4.69) is 0 Å². The first kappa shape index (κ1) is 14.2. The van der Waals surface area contributed by atoms with E-state index in [1.165, 1.54) is 4.90 Å². The molecule has 0 amide bonds. The van der Waals surface area contributed by atoms with Crippen molar-refractivity contribution in [1.29, 1.82) is 0 Å². The molecule has 0 aromatic heterocycles. The molecule has 0 spiro atoms. The summed E-state index contributed by atoms with van der Waals surface area (Å²) < 4.78 is 0. The van der Waals surface area contributed by atoms with Gasteiger partial charge >= 0.3 is 0 Å². The Morgan fingerprint density at radius 1 is 0.889 bits per heavy atom. The fourth-order valence-electron chi connectivity index (χ4n) is 1.53. The van der Waals surface area contributed by atoms with Crippen molar-refractivity contribution in [2.75, 3.05) is 26.3 Å². The van der Waals surface area contributed by atoms with Gasteiger partial charge in [-0.25, -0.2) is 0 Å².